The Bertz CT molecular complexity index is 2470. The van der Waals surface area contributed by atoms with Gasteiger partial charge in [-0.3, -0.25) is 14.5 Å². The molecule has 1 aromatic heterocycles. The molecule has 2 amide bonds. The maximum absolute atomic E-state index is 13.0. The highest BCUT2D eigenvalue weighted by Crippen LogP contribution is 2.44. The molecule has 288 valence electrons. The van der Waals surface area contributed by atoms with Crippen molar-refractivity contribution in [3.8, 4) is 33.7 Å². The van der Waals surface area contributed by atoms with Gasteiger partial charge in [-0.25, -0.2) is 4.98 Å². The summed E-state index contributed by atoms with van der Waals surface area (Å²) in [5.41, 5.74) is 9.14. The average molecular weight is 785 g/mol. The number of aliphatic hydroxyl groups excluding tert-OH is 1. The van der Waals surface area contributed by atoms with Gasteiger partial charge < -0.3 is 19.0 Å². The molecule has 58 heavy (non-hydrogen) atoms. The van der Waals surface area contributed by atoms with E-state index in [0.717, 1.165) is 56.0 Å². The summed E-state index contributed by atoms with van der Waals surface area (Å²) in [5, 5.41) is 10.3. The number of carbonyl (C=O) groups is 2. The molecule has 9 heteroatoms. The number of aromatic nitrogens is 1. The van der Waals surface area contributed by atoms with E-state index in [9.17, 15) is 14.7 Å². The van der Waals surface area contributed by atoms with Crippen LogP contribution in [0.25, 0.3) is 33.7 Å². The first-order valence-corrected chi connectivity index (χ1v) is 20.3. The minimum absolute atomic E-state index is 0.0231. The lowest BCUT2D eigenvalue weighted by Crippen LogP contribution is -2.38. The Balaban J connectivity index is 0.955. The normalized spacial score (nSPS) is 19.0. The molecule has 0 bridgehead atoms. The van der Waals surface area contributed by atoms with Crippen LogP contribution in [0.1, 0.15) is 62.3 Å². The number of rotatable bonds is 11. The number of thioether (sulfide) groups is 1. The zero-order valence-corrected chi connectivity index (χ0v) is 32.5. The Kier molecular flexibility index (Phi) is 10.6. The summed E-state index contributed by atoms with van der Waals surface area (Å²) in [4.78, 5) is 32.4. The Labute approximate surface area is 341 Å². The second-order valence-electron chi connectivity index (χ2n) is 14.6. The molecular weight excluding hydrogens is 745 g/mol. The standard InChI is InChI=1S/C49H40N2O6S/c1-31-42(30-58-49-50-43(35-12-4-2-5-13-35)45(57-49)36-14-6-3-7-15-36)55-48(56-44(31)37-21-19-32(29-52)20-22-37)38-25-23-34(24-26-38)39-16-10-11-33(27-39)28-51-46(53)40-17-8-9-18-41(40)47(51)54/h2-27,31,42,44,48,52H,28-30H2,1H3. The van der Waals surface area contributed by atoms with Crippen molar-refractivity contribution in [1.29, 1.82) is 0 Å². The molecule has 4 atom stereocenters. The number of oxazole rings is 1. The molecule has 2 aliphatic rings. The molecule has 3 heterocycles. The number of fused-ring (bicyclic) bond motifs is 1. The molecule has 0 aliphatic carbocycles. The lowest BCUT2D eigenvalue weighted by atomic mass is 9.91. The summed E-state index contributed by atoms with van der Waals surface area (Å²) >= 11 is 1.53. The topological polar surface area (TPSA) is 102 Å². The number of amides is 2. The van der Waals surface area contributed by atoms with Crippen LogP contribution in [0.2, 0.25) is 0 Å². The number of nitrogens with zero attached hydrogens (tertiary/aromatic N) is 2. The predicted octanol–water partition coefficient (Wildman–Crippen LogP) is 10.5. The van der Waals surface area contributed by atoms with Crippen molar-refractivity contribution in [3.05, 3.63) is 191 Å². The lowest BCUT2D eigenvalue weighted by molar-refractivity contribution is -0.268. The summed E-state index contributed by atoms with van der Waals surface area (Å²) in [7, 11) is 0. The average Bonchev–Trinajstić information content (AvgIpc) is 3.82. The van der Waals surface area contributed by atoms with Crippen LogP contribution in [-0.4, -0.2) is 38.7 Å². The van der Waals surface area contributed by atoms with Crippen LogP contribution in [0.4, 0.5) is 0 Å². The van der Waals surface area contributed by atoms with Crippen molar-refractivity contribution in [2.24, 2.45) is 5.92 Å². The van der Waals surface area contributed by atoms with Crippen molar-refractivity contribution in [1.82, 2.24) is 9.88 Å². The number of imide groups is 1. The first-order chi connectivity index (χ1) is 28.4. The van der Waals surface area contributed by atoms with Crippen molar-refractivity contribution in [2.75, 3.05) is 5.75 Å². The van der Waals surface area contributed by atoms with Gasteiger partial charge in [0, 0.05) is 28.4 Å². The van der Waals surface area contributed by atoms with Crippen LogP contribution >= 0.6 is 11.8 Å². The molecule has 7 aromatic rings. The fourth-order valence-corrected chi connectivity index (χ4v) is 8.64. The minimum atomic E-state index is -0.650. The van der Waals surface area contributed by atoms with Crippen LogP contribution in [-0.2, 0) is 22.6 Å². The van der Waals surface area contributed by atoms with Crippen LogP contribution in [0, 0.1) is 5.92 Å². The van der Waals surface area contributed by atoms with Gasteiger partial charge in [-0.05, 0) is 46.0 Å². The van der Waals surface area contributed by atoms with E-state index in [0.29, 0.717) is 22.1 Å². The highest BCUT2D eigenvalue weighted by molar-refractivity contribution is 7.99. The molecule has 0 radical (unpaired) electrons. The van der Waals surface area contributed by atoms with Gasteiger partial charge in [0.1, 0.15) is 5.69 Å². The van der Waals surface area contributed by atoms with Gasteiger partial charge in [0.15, 0.2) is 12.1 Å². The van der Waals surface area contributed by atoms with Crippen molar-refractivity contribution < 1.29 is 28.6 Å². The molecule has 2 aliphatic heterocycles. The third-order valence-electron chi connectivity index (χ3n) is 10.8. The number of hydrogen-bond donors (Lipinski definition) is 1. The van der Waals surface area contributed by atoms with Crippen LogP contribution in [0.3, 0.4) is 0 Å². The molecular formula is C49H40N2O6S. The van der Waals surface area contributed by atoms with E-state index in [1.54, 1.807) is 24.3 Å². The number of benzene rings is 6. The molecule has 9 rings (SSSR count). The van der Waals surface area contributed by atoms with Gasteiger partial charge in [-0.2, -0.15) is 0 Å². The van der Waals surface area contributed by atoms with Gasteiger partial charge in [0.05, 0.1) is 36.5 Å². The minimum Gasteiger partial charge on any atom is -0.431 e. The SMILES string of the molecule is CC1C(CSc2nc(-c3ccccc3)c(-c3ccccc3)o2)OC(c2ccc(-c3cccc(CN4C(=O)c5ccccc5C4=O)c3)cc2)OC1c1ccc(CO)cc1. The highest BCUT2D eigenvalue weighted by Gasteiger charge is 2.39. The Morgan fingerprint density at radius 1 is 0.638 bits per heavy atom. The van der Waals surface area contributed by atoms with Crippen LogP contribution in [0.5, 0.6) is 0 Å². The summed E-state index contributed by atoms with van der Waals surface area (Å²) in [6.45, 7) is 2.30. The molecule has 0 saturated carbocycles. The Morgan fingerprint density at radius 3 is 1.93 bits per heavy atom. The highest BCUT2D eigenvalue weighted by atomic mass is 32.2. The fourth-order valence-electron chi connectivity index (χ4n) is 7.65. The summed E-state index contributed by atoms with van der Waals surface area (Å²) < 4.78 is 20.0. The van der Waals surface area contributed by atoms with E-state index in [1.165, 1.54) is 16.7 Å². The largest absolute Gasteiger partial charge is 0.431 e. The molecule has 4 unspecified atom stereocenters. The zero-order chi connectivity index (χ0) is 39.6. The first-order valence-electron chi connectivity index (χ1n) is 19.3. The predicted molar refractivity (Wildman–Crippen MR) is 224 cm³/mol. The molecule has 1 N–H and O–H groups in total. The van der Waals surface area contributed by atoms with E-state index in [1.807, 2.05) is 133 Å². The second kappa shape index (κ2) is 16.4. The van der Waals surface area contributed by atoms with E-state index in [-0.39, 0.29) is 43.1 Å². The van der Waals surface area contributed by atoms with Gasteiger partial charge in [0.25, 0.3) is 17.0 Å². The molecule has 0 spiro atoms. The Hall–Kier alpha value is -6.10. The number of carbonyl (C=O) groups excluding carboxylic acids is 2. The van der Waals surface area contributed by atoms with E-state index < -0.39 is 6.29 Å². The van der Waals surface area contributed by atoms with Crippen molar-refractivity contribution in [2.45, 2.75) is 43.8 Å². The first kappa shape index (κ1) is 37.5. The zero-order valence-electron chi connectivity index (χ0n) is 31.7. The third-order valence-corrected chi connectivity index (χ3v) is 11.8. The number of ether oxygens (including phenoxy) is 2. The molecule has 1 fully saturated rings. The monoisotopic (exact) mass is 784 g/mol. The van der Waals surface area contributed by atoms with Crippen molar-refractivity contribution in [3.63, 3.8) is 0 Å². The second-order valence-corrected chi connectivity index (χ2v) is 15.6. The van der Waals surface area contributed by atoms with Gasteiger partial charge >= 0.3 is 0 Å². The van der Waals surface area contributed by atoms with E-state index in [2.05, 4.69) is 6.92 Å². The summed E-state index contributed by atoms with van der Waals surface area (Å²) in [6.07, 6.45) is -1.15. The van der Waals surface area contributed by atoms with Gasteiger partial charge in [0.2, 0.25) is 0 Å². The van der Waals surface area contributed by atoms with Crippen LogP contribution < -0.4 is 0 Å². The van der Waals surface area contributed by atoms with E-state index in [4.69, 9.17) is 18.9 Å². The number of aliphatic hydroxyl groups is 1. The molecule has 8 nitrogen and oxygen atoms in total. The number of hydrogen-bond acceptors (Lipinski definition) is 8. The maximum atomic E-state index is 13.0. The van der Waals surface area contributed by atoms with E-state index >= 15 is 0 Å². The summed E-state index contributed by atoms with van der Waals surface area (Å²) in [5.74, 6) is 0.735. The fraction of sp³-hybridized carbons (Fsp3) is 0.163. The maximum Gasteiger partial charge on any atom is 0.261 e. The lowest BCUT2D eigenvalue weighted by Gasteiger charge is -2.41. The quantitative estimate of drug-likeness (QED) is 0.102. The Morgan fingerprint density at radius 2 is 1.26 bits per heavy atom. The summed E-state index contributed by atoms with van der Waals surface area (Å²) in [6, 6.07) is 51.0. The third kappa shape index (κ3) is 7.53. The molecule has 6 aromatic carbocycles. The van der Waals surface area contributed by atoms with Gasteiger partial charge in [-0.1, -0.05) is 158 Å². The molecule has 1 saturated heterocycles. The van der Waals surface area contributed by atoms with Crippen molar-refractivity contribution >= 4 is 23.6 Å². The van der Waals surface area contributed by atoms with Gasteiger partial charge in [-0.15, -0.1) is 0 Å². The smallest absolute Gasteiger partial charge is 0.261 e. The van der Waals surface area contributed by atoms with Crippen LogP contribution in [0.15, 0.2) is 167 Å².